The summed E-state index contributed by atoms with van der Waals surface area (Å²) in [6, 6.07) is 32.1. The van der Waals surface area contributed by atoms with Crippen LogP contribution in [0.25, 0.3) is 43.1 Å². The fraction of sp³-hybridized carbons (Fsp3) is 0.0556. The van der Waals surface area contributed by atoms with Gasteiger partial charge in [0.25, 0.3) is 0 Å². The number of hydrogen-bond acceptors (Lipinski definition) is 4. The number of aryl methyl sites for hydroxylation is 2. The molecule has 0 spiro atoms. The van der Waals surface area contributed by atoms with E-state index in [1.54, 1.807) is 0 Å². The molecule has 0 radical (unpaired) electrons. The van der Waals surface area contributed by atoms with Crippen molar-refractivity contribution in [2.45, 2.75) is 13.8 Å². The van der Waals surface area contributed by atoms with Gasteiger partial charge in [-0.2, -0.15) is 0 Å². The molecule has 0 unspecified atom stereocenters. The molecule has 0 fully saturated rings. The van der Waals surface area contributed by atoms with Gasteiger partial charge >= 0.3 is 0 Å². The Morgan fingerprint density at radius 2 is 1.02 bits per heavy atom. The fourth-order valence-corrected chi connectivity index (χ4v) is 6.92. The number of thiocarbonyl (C=S) groups is 2. The molecule has 2 nitrogen and oxygen atoms in total. The van der Waals surface area contributed by atoms with Crippen LogP contribution in [0.1, 0.15) is 22.3 Å². The number of rotatable bonds is 4. The van der Waals surface area contributed by atoms with Crippen LogP contribution >= 0.6 is 47.6 Å². The van der Waals surface area contributed by atoms with Crippen molar-refractivity contribution >= 4 is 101 Å². The predicted octanol–water partition coefficient (Wildman–Crippen LogP) is 11.2. The van der Waals surface area contributed by atoms with Crippen molar-refractivity contribution in [1.82, 2.24) is 0 Å². The van der Waals surface area contributed by atoms with Gasteiger partial charge in [0, 0.05) is 10.9 Å². The van der Waals surface area contributed by atoms with Gasteiger partial charge in [0.05, 0.1) is 15.6 Å². The number of halogens is 2. The molecule has 6 heteroatoms. The number of benzene rings is 7. The highest BCUT2D eigenvalue weighted by atomic mass is 35.5. The maximum Gasteiger partial charge on any atom is 0.200 e. The van der Waals surface area contributed by atoms with Gasteiger partial charge in [0.1, 0.15) is 11.5 Å². The van der Waals surface area contributed by atoms with Crippen molar-refractivity contribution in [3.05, 3.63) is 129 Å². The summed E-state index contributed by atoms with van der Waals surface area (Å²) in [5.41, 5.74) is 3.74. The molecule has 0 saturated carbocycles. The van der Waals surface area contributed by atoms with Crippen LogP contribution in [0.3, 0.4) is 0 Å². The van der Waals surface area contributed by atoms with E-state index in [1.807, 2.05) is 86.6 Å². The Hall–Kier alpha value is -3.80. The Morgan fingerprint density at radius 3 is 1.67 bits per heavy atom. The Morgan fingerprint density at radius 1 is 0.500 bits per heavy atom. The molecule has 0 aliphatic carbocycles. The summed E-state index contributed by atoms with van der Waals surface area (Å²) in [4.78, 5) is 0. The lowest BCUT2D eigenvalue weighted by atomic mass is 9.87. The highest BCUT2D eigenvalue weighted by molar-refractivity contribution is 7.80. The zero-order valence-electron chi connectivity index (χ0n) is 22.6. The summed E-state index contributed by atoms with van der Waals surface area (Å²) in [6.07, 6.45) is 0. The maximum atomic E-state index is 7.13. The molecule has 0 heterocycles. The average Bonchev–Trinajstić information content (AvgIpc) is 2.99. The van der Waals surface area contributed by atoms with Gasteiger partial charge in [-0.1, -0.05) is 101 Å². The molecule has 0 amide bonds. The molecule has 0 aliphatic heterocycles. The van der Waals surface area contributed by atoms with E-state index >= 15 is 0 Å². The molecule has 0 saturated heterocycles. The molecule has 204 valence electrons. The van der Waals surface area contributed by atoms with Crippen LogP contribution in [0.15, 0.2) is 97.1 Å². The summed E-state index contributed by atoms with van der Waals surface area (Å²) < 4.78 is 12.2. The summed E-state index contributed by atoms with van der Waals surface area (Å²) in [5.74, 6) is 1.34. The minimum Gasteiger partial charge on any atom is -0.445 e. The molecule has 0 atom stereocenters. The quantitative estimate of drug-likeness (QED) is 0.111. The lowest BCUT2D eigenvalue weighted by molar-refractivity contribution is 0.566. The summed E-state index contributed by atoms with van der Waals surface area (Å²) in [5, 5.41) is 9.36. The first-order chi connectivity index (χ1) is 20.3. The van der Waals surface area contributed by atoms with Gasteiger partial charge in [-0.15, -0.1) is 0 Å². The number of fused-ring (bicyclic) bond motifs is 2. The highest BCUT2D eigenvalue weighted by Gasteiger charge is 2.24. The normalized spacial score (nSPS) is 11.5. The van der Waals surface area contributed by atoms with Crippen LogP contribution in [0.2, 0.25) is 10.0 Å². The third-order valence-corrected chi connectivity index (χ3v) is 9.15. The Balaban J connectivity index is 1.45. The minimum atomic E-state index is 0.271. The van der Waals surface area contributed by atoms with Gasteiger partial charge in [-0.05, 0) is 106 Å². The number of hydrogen-bond donors (Lipinski definition) is 0. The highest BCUT2D eigenvalue weighted by Crippen LogP contribution is 2.48. The third-order valence-electron chi connectivity index (χ3n) is 7.70. The molecular formula is C36H22Cl2O2S2. The SMILES string of the molecule is Cc1ccc(OC(=S)c2ccc3c4cccc5c(C(=S)Oc6ccc(C)cc6)c(Cl)c(Cl)c(c6cccc2c36)c54)cc1. The van der Waals surface area contributed by atoms with Crippen molar-refractivity contribution in [2.75, 3.05) is 0 Å². The average molecular weight is 622 g/mol. The second-order valence-electron chi connectivity index (χ2n) is 10.4. The summed E-state index contributed by atoms with van der Waals surface area (Å²) >= 11 is 25.8. The Labute approximate surface area is 263 Å². The van der Waals surface area contributed by atoms with Crippen molar-refractivity contribution in [1.29, 1.82) is 0 Å². The third kappa shape index (κ3) is 4.38. The van der Waals surface area contributed by atoms with E-state index in [9.17, 15) is 0 Å². The van der Waals surface area contributed by atoms with Crippen LogP contribution in [-0.4, -0.2) is 10.1 Å². The maximum absolute atomic E-state index is 7.13. The predicted molar refractivity (Wildman–Crippen MR) is 185 cm³/mol. The van der Waals surface area contributed by atoms with Gasteiger partial charge in [0.2, 0.25) is 0 Å². The van der Waals surface area contributed by atoms with Crippen molar-refractivity contribution in [3.63, 3.8) is 0 Å². The van der Waals surface area contributed by atoms with E-state index in [2.05, 4.69) is 24.3 Å². The van der Waals surface area contributed by atoms with Crippen LogP contribution < -0.4 is 9.47 Å². The molecule has 7 aromatic carbocycles. The number of ether oxygens (including phenoxy) is 2. The Bertz CT molecular complexity index is 2200. The second kappa shape index (κ2) is 10.5. The van der Waals surface area contributed by atoms with E-state index in [1.165, 1.54) is 0 Å². The van der Waals surface area contributed by atoms with Gasteiger partial charge < -0.3 is 9.47 Å². The lowest BCUT2D eigenvalue weighted by Crippen LogP contribution is -2.10. The molecular weight excluding hydrogens is 599 g/mol. The lowest BCUT2D eigenvalue weighted by Gasteiger charge is -2.20. The van der Waals surface area contributed by atoms with E-state index in [0.717, 1.165) is 59.8 Å². The first kappa shape index (κ1) is 27.1. The zero-order valence-corrected chi connectivity index (χ0v) is 25.8. The van der Waals surface area contributed by atoms with E-state index in [-0.39, 0.29) is 5.05 Å². The summed E-state index contributed by atoms with van der Waals surface area (Å²) in [6.45, 7) is 4.06. The van der Waals surface area contributed by atoms with Crippen molar-refractivity contribution in [2.24, 2.45) is 0 Å². The molecule has 0 bridgehead atoms. The van der Waals surface area contributed by atoms with Crippen LogP contribution in [0.5, 0.6) is 11.5 Å². The smallest absolute Gasteiger partial charge is 0.200 e. The topological polar surface area (TPSA) is 18.5 Å². The minimum absolute atomic E-state index is 0.271. The molecule has 0 aromatic heterocycles. The van der Waals surface area contributed by atoms with Gasteiger partial charge in [-0.3, -0.25) is 0 Å². The van der Waals surface area contributed by atoms with Gasteiger partial charge in [-0.25, -0.2) is 0 Å². The van der Waals surface area contributed by atoms with E-state index in [0.29, 0.717) is 32.2 Å². The molecule has 0 aliphatic rings. The molecule has 7 rings (SSSR count). The molecule has 42 heavy (non-hydrogen) atoms. The largest absolute Gasteiger partial charge is 0.445 e. The first-order valence-corrected chi connectivity index (χ1v) is 15.0. The monoisotopic (exact) mass is 620 g/mol. The molecule has 7 aromatic rings. The molecule has 0 N–H and O–H groups in total. The van der Waals surface area contributed by atoms with Crippen LogP contribution in [-0.2, 0) is 0 Å². The fourth-order valence-electron chi connectivity index (χ4n) is 5.70. The van der Waals surface area contributed by atoms with Crippen molar-refractivity contribution in [3.8, 4) is 11.5 Å². The second-order valence-corrected chi connectivity index (χ2v) is 11.9. The standard InChI is InChI=1S/C36H22Cl2O2S2/c1-19-9-13-21(14-10-19)39-35(41)26-18-17-25-23-5-3-8-28-30(23)31(27-7-4-6-24(26)29(25)27)33(37)34(38)32(28)36(42)40-22-15-11-20(2)12-16-22/h3-18H,1-2H3. The van der Waals surface area contributed by atoms with E-state index in [4.69, 9.17) is 57.1 Å². The van der Waals surface area contributed by atoms with Crippen LogP contribution in [0, 0.1) is 13.8 Å². The van der Waals surface area contributed by atoms with Gasteiger partial charge in [0.15, 0.2) is 10.1 Å². The van der Waals surface area contributed by atoms with Crippen LogP contribution in [0.4, 0.5) is 0 Å². The first-order valence-electron chi connectivity index (χ1n) is 13.4. The van der Waals surface area contributed by atoms with E-state index < -0.39 is 0 Å². The van der Waals surface area contributed by atoms with Crippen molar-refractivity contribution < 1.29 is 9.47 Å². The Kier molecular flexibility index (Phi) is 6.75. The zero-order chi connectivity index (χ0) is 29.1. The summed E-state index contributed by atoms with van der Waals surface area (Å²) in [7, 11) is 0.